The molecule has 6 aromatic carbocycles. The molecular weight excluding hydrogens is 572 g/mol. The van der Waals surface area contributed by atoms with E-state index in [1.54, 1.807) is 6.07 Å². The van der Waals surface area contributed by atoms with E-state index < -0.39 is 6.85 Å². The van der Waals surface area contributed by atoms with E-state index in [0.717, 1.165) is 38.8 Å². The number of imidazole rings is 1. The summed E-state index contributed by atoms with van der Waals surface area (Å²) in [5, 5.41) is 1.37. The predicted octanol–water partition coefficient (Wildman–Crippen LogP) is 12.5. The highest BCUT2D eigenvalue weighted by Crippen LogP contribution is 2.43. The Morgan fingerprint density at radius 2 is 1.28 bits per heavy atom. The van der Waals surface area contributed by atoms with E-state index in [9.17, 15) is 0 Å². The second-order valence-corrected chi connectivity index (χ2v) is 13.0. The van der Waals surface area contributed by atoms with E-state index in [4.69, 9.17) is 13.5 Å². The molecule has 0 atom stereocenters. The van der Waals surface area contributed by atoms with Crippen LogP contribution in [0, 0.1) is 6.85 Å². The van der Waals surface area contributed by atoms with E-state index in [0.29, 0.717) is 22.4 Å². The van der Waals surface area contributed by atoms with Crippen LogP contribution in [0.15, 0.2) is 132 Å². The Morgan fingerprint density at radius 3 is 1.94 bits per heavy atom. The Kier molecular flexibility index (Phi) is 6.26. The van der Waals surface area contributed by atoms with Crippen LogP contribution in [-0.4, -0.2) is 9.55 Å². The predicted molar refractivity (Wildman–Crippen MR) is 198 cm³/mol. The van der Waals surface area contributed by atoms with Crippen molar-refractivity contribution in [3.05, 3.63) is 144 Å². The molecule has 3 heteroatoms. The third-order valence-corrected chi connectivity index (χ3v) is 9.27. The van der Waals surface area contributed by atoms with Gasteiger partial charge in [-0.1, -0.05) is 113 Å². The SMILES string of the molecule is [2H]C([2H])([2H])c1ccc(-c2nc3ccccc3n2-c2c(C(C)C)cc(-c3ccccc3)cc2C(C)C)c2oc3cc(-c4ccccc4)ccc3c12. The summed E-state index contributed by atoms with van der Waals surface area (Å²) in [6.07, 6.45) is 0. The molecule has 0 radical (unpaired) electrons. The summed E-state index contributed by atoms with van der Waals surface area (Å²) in [5.74, 6) is 1.13. The van der Waals surface area contributed by atoms with E-state index in [1.165, 1.54) is 22.3 Å². The van der Waals surface area contributed by atoms with Crippen molar-refractivity contribution in [1.82, 2.24) is 9.55 Å². The fraction of sp³-hybridized carbons (Fsp3) is 0.159. The van der Waals surface area contributed by atoms with Crippen molar-refractivity contribution >= 4 is 33.0 Å². The van der Waals surface area contributed by atoms with E-state index in [1.807, 2.05) is 66.7 Å². The lowest BCUT2D eigenvalue weighted by Crippen LogP contribution is -2.09. The molecule has 0 fully saturated rings. The van der Waals surface area contributed by atoms with Gasteiger partial charge in [-0.3, -0.25) is 4.57 Å². The average molecular weight is 614 g/mol. The lowest BCUT2D eigenvalue weighted by molar-refractivity contribution is 0.669. The topological polar surface area (TPSA) is 31.0 Å². The van der Waals surface area contributed by atoms with Gasteiger partial charge in [-0.2, -0.15) is 0 Å². The van der Waals surface area contributed by atoms with Crippen molar-refractivity contribution in [2.45, 2.75) is 46.4 Å². The van der Waals surface area contributed by atoms with Crippen LogP contribution < -0.4 is 0 Å². The molecule has 8 rings (SSSR count). The molecular formula is C44H38N2O. The van der Waals surface area contributed by atoms with Crippen LogP contribution in [0.25, 0.3) is 72.3 Å². The number of aromatic nitrogens is 2. The Morgan fingerprint density at radius 1 is 0.638 bits per heavy atom. The lowest BCUT2D eigenvalue weighted by atomic mass is 9.88. The zero-order valence-corrected chi connectivity index (χ0v) is 27.1. The molecule has 3 nitrogen and oxygen atoms in total. The normalized spacial score (nSPS) is 13.1. The number of fused-ring (bicyclic) bond motifs is 4. The molecule has 0 spiro atoms. The number of para-hydroxylation sites is 2. The highest BCUT2D eigenvalue weighted by Gasteiger charge is 2.26. The average Bonchev–Trinajstić information content (AvgIpc) is 3.69. The second kappa shape index (κ2) is 11.4. The number of hydrogen-bond donors (Lipinski definition) is 0. The second-order valence-electron chi connectivity index (χ2n) is 13.0. The number of furan rings is 1. The summed E-state index contributed by atoms with van der Waals surface area (Å²) >= 11 is 0. The largest absolute Gasteiger partial charge is 0.455 e. The van der Waals surface area contributed by atoms with Crippen LogP contribution >= 0.6 is 0 Å². The Balaban J connectivity index is 1.46. The van der Waals surface area contributed by atoms with Gasteiger partial charge in [-0.15, -0.1) is 0 Å². The number of nitrogens with zero attached hydrogens (tertiary/aromatic N) is 2. The van der Waals surface area contributed by atoms with Crippen LogP contribution in [-0.2, 0) is 0 Å². The highest BCUT2D eigenvalue weighted by molar-refractivity contribution is 6.12. The Hall–Kier alpha value is -5.41. The Labute approximate surface area is 280 Å². The van der Waals surface area contributed by atoms with Gasteiger partial charge in [0, 0.05) is 14.9 Å². The third kappa shape index (κ3) is 4.85. The van der Waals surface area contributed by atoms with Crippen LogP contribution in [0.4, 0.5) is 0 Å². The van der Waals surface area contributed by atoms with Gasteiger partial charge >= 0.3 is 0 Å². The monoisotopic (exact) mass is 613 g/mol. The van der Waals surface area contributed by atoms with Crippen molar-refractivity contribution in [2.24, 2.45) is 0 Å². The van der Waals surface area contributed by atoms with Gasteiger partial charge < -0.3 is 4.42 Å². The fourth-order valence-electron chi connectivity index (χ4n) is 6.91. The smallest absolute Gasteiger partial charge is 0.149 e. The standard InChI is InChI=1S/C44H38N2O/c1-27(2)36-24-33(31-16-10-7-11-17-31)25-37(28(3)4)42(36)46-39-19-13-12-18-38(39)45-44(46)35-22-20-29(5)41-34-23-21-32(26-40(34)47-43(35)41)30-14-8-6-9-15-30/h6-28H,1-5H3/i5D3. The first-order valence-corrected chi connectivity index (χ1v) is 16.4. The van der Waals surface area contributed by atoms with Gasteiger partial charge in [-0.05, 0) is 100 Å². The van der Waals surface area contributed by atoms with Gasteiger partial charge in [0.15, 0.2) is 0 Å². The van der Waals surface area contributed by atoms with Crippen molar-refractivity contribution in [3.8, 4) is 39.3 Å². The van der Waals surface area contributed by atoms with Crippen LogP contribution in [0.2, 0.25) is 0 Å². The quantitative estimate of drug-likeness (QED) is 0.187. The number of rotatable bonds is 6. The molecule has 0 unspecified atom stereocenters. The van der Waals surface area contributed by atoms with Crippen molar-refractivity contribution in [3.63, 3.8) is 0 Å². The molecule has 0 saturated heterocycles. The minimum absolute atomic E-state index is 0.209. The molecule has 0 bridgehead atoms. The minimum atomic E-state index is -2.34. The first kappa shape index (κ1) is 25.7. The van der Waals surface area contributed by atoms with Crippen molar-refractivity contribution in [2.75, 3.05) is 0 Å². The van der Waals surface area contributed by atoms with Gasteiger partial charge in [0.2, 0.25) is 0 Å². The highest BCUT2D eigenvalue weighted by atomic mass is 16.3. The molecule has 230 valence electrons. The van der Waals surface area contributed by atoms with Crippen LogP contribution in [0.1, 0.15) is 60.3 Å². The summed E-state index contributed by atoms with van der Waals surface area (Å²) in [6, 6.07) is 43.2. The number of hydrogen-bond acceptors (Lipinski definition) is 2. The summed E-state index contributed by atoms with van der Waals surface area (Å²) < 4.78 is 34.5. The first-order chi connectivity index (χ1) is 24.1. The summed E-state index contributed by atoms with van der Waals surface area (Å²) in [6.45, 7) is 6.62. The molecule has 0 aliphatic heterocycles. The molecule has 0 aliphatic rings. The summed E-state index contributed by atoms with van der Waals surface area (Å²) in [7, 11) is 0. The third-order valence-electron chi connectivity index (χ3n) is 9.27. The van der Waals surface area contributed by atoms with E-state index >= 15 is 0 Å². The zero-order valence-electron chi connectivity index (χ0n) is 30.1. The lowest BCUT2D eigenvalue weighted by Gasteiger charge is -2.24. The van der Waals surface area contributed by atoms with E-state index in [-0.39, 0.29) is 17.4 Å². The minimum Gasteiger partial charge on any atom is -0.455 e. The van der Waals surface area contributed by atoms with Gasteiger partial charge in [0.1, 0.15) is 17.0 Å². The summed E-state index contributed by atoms with van der Waals surface area (Å²) in [5.41, 5.74) is 12.0. The molecule has 0 N–H and O–H groups in total. The van der Waals surface area contributed by atoms with Gasteiger partial charge in [-0.25, -0.2) is 4.98 Å². The fourth-order valence-corrected chi connectivity index (χ4v) is 6.91. The molecule has 47 heavy (non-hydrogen) atoms. The molecule has 2 heterocycles. The molecule has 0 amide bonds. The van der Waals surface area contributed by atoms with Crippen molar-refractivity contribution in [1.29, 1.82) is 0 Å². The van der Waals surface area contributed by atoms with Crippen LogP contribution in [0.3, 0.4) is 0 Å². The maximum Gasteiger partial charge on any atom is 0.149 e. The maximum atomic E-state index is 8.50. The van der Waals surface area contributed by atoms with E-state index in [2.05, 4.69) is 86.9 Å². The number of benzene rings is 6. The van der Waals surface area contributed by atoms with Crippen molar-refractivity contribution < 1.29 is 8.53 Å². The molecule has 8 aromatic rings. The number of aryl methyl sites for hydroxylation is 1. The molecule has 0 saturated carbocycles. The maximum absolute atomic E-state index is 8.50. The zero-order chi connectivity index (χ0) is 34.7. The van der Waals surface area contributed by atoms with Gasteiger partial charge in [0.25, 0.3) is 0 Å². The summed E-state index contributed by atoms with van der Waals surface area (Å²) in [4.78, 5) is 5.28. The molecule has 2 aromatic heterocycles. The first-order valence-electron chi connectivity index (χ1n) is 17.9. The van der Waals surface area contributed by atoms with Gasteiger partial charge in [0.05, 0.1) is 22.3 Å². The molecule has 0 aliphatic carbocycles. The Bertz CT molecular complexity index is 2490. The van der Waals surface area contributed by atoms with Crippen LogP contribution in [0.5, 0.6) is 0 Å².